The third-order valence-corrected chi connectivity index (χ3v) is 4.76. The van der Waals surface area contributed by atoms with Crippen molar-refractivity contribution in [3.63, 3.8) is 0 Å². The number of rotatable bonds is 3. The summed E-state index contributed by atoms with van der Waals surface area (Å²) in [4.78, 5) is 28.4. The molecule has 0 aliphatic rings. The van der Waals surface area contributed by atoms with Crippen LogP contribution >= 0.6 is 39.1 Å². The van der Waals surface area contributed by atoms with Crippen molar-refractivity contribution < 1.29 is 9.59 Å². The van der Waals surface area contributed by atoms with Gasteiger partial charge in [-0.2, -0.15) is 0 Å². The Labute approximate surface area is 173 Å². The van der Waals surface area contributed by atoms with E-state index in [9.17, 15) is 9.59 Å². The number of imide groups is 1. The number of hydrogen-bond acceptors (Lipinski definition) is 3. The van der Waals surface area contributed by atoms with E-state index in [0.29, 0.717) is 5.82 Å². The maximum atomic E-state index is 12.2. The van der Waals surface area contributed by atoms with E-state index in [1.165, 1.54) is 12.1 Å². The van der Waals surface area contributed by atoms with Gasteiger partial charge in [-0.25, -0.2) is 9.78 Å². The fourth-order valence-corrected chi connectivity index (χ4v) is 3.14. The SMILES string of the molecule is O=C(NC(=O)c1c(Cl)cccc1Cl)Nc1ccc(-c2ccc(Br)cc2)cn1. The minimum Gasteiger partial charge on any atom is -0.292 e. The Balaban J connectivity index is 1.66. The molecule has 0 saturated heterocycles. The number of hydrogen-bond donors (Lipinski definition) is 2. The van der Waals surface area contributed by atoms with Crippen LogP contribution in [0.5, 0.6) is 0 Å². The van der Waals surface area contributed by atoms with E-state index in [-0.39, 0.29) is 15.6 Å². The molecule has 136 valence electrons. The molecule has 0 fully saturated rings. The number of amides is 3. The van der Waals surface area contributed by atoms with Crippen molar-refractivity contribution in [2.75, 3.05) is 5.32 Å². The summed E-state index contributed by atoms with van der Waals surface area (Å²) in [5.41, 5.74) is 1.92. The maximum absolute atomic E-state index is 12.2. The van der Waals surface area contributed by atoms with E-state index in [2.05, 4.69) is 31.5 Å². The Kier molecular flexibility index (Phi) is 6.11. The van der Waals surface area contributed by atoms with Crippen LogP contribution in [0, 0.1) is 0 Å². The van der Waals surface area contributed by atoms with Crippen LogP contribution in [0.3, 0.4) is 0 Å². The van der Waals surface area contributed by atoms with Gasteiger partial charge >= 0.3 is 6.03 Å². The molecule has 0 aliphatic heterocycles. The highest BCUT2D eigenvalue weighted by Crippen LogP contribution is 2.24. The van der Waals surface area contributed by atoms with Gasteiger partial charge in [-0.15, -0.1) is 0 Å². The van der Waals surface area contributed by atoms with Crippen molar-refractivity contribution in [2.45, 2.75) is 0 Å². The second kappa shape index (κ2) is 8.52. The van der Waals surface area contributed by atoms with Crippen LogP contribution in [-0.2, 0) is 0 Å². The third kappa shape index (κ3) is 4.86. The van der Waals surface area contributed by atoms with Gasteiger partial charge in [0.15, 0.2) is 0 Å². The number of pyridine rings is 1. The number of carbonyl (C=O) groups excluding carboxylic acids is 2. The largest absolute Gasteiger partial charge is 0.327 e. The summed E-state index contributed by atoms with van der Waals surface area (Å²) in [7, 11) is 0. The van der Waals surface area contributed by atoms with Crippen molar-refractivity contribution in [3.05, 3.63) is 80.9 Å². The lowest BCUT2D eigenvalue weighted by atomic mass is 10.1. The smallest absolute Gasteiger partial charge is 0.292 e. The molecule has 8 heteroatoms. The molecule has 2 aromatic carbocycles. The van der Waals surface area contributed by atoms with Gasteiger partial charge in [-0.1, -0.05) is 57.3 Å². The van der Waals surface area contributed by atoms with E-state index in [1.807, 2.05) is 30.3 Å². The summed E-state index contributed by atoms with van der Waals surface area (Å²) in [5.74, 6) is -0.402. The second-order valence-electron chi connectivity index (χ2n) is 5.44. The summed E-state index contributed by atoms with van der Waals surface area (Å²) in [6.45, 7) is 0. The predicted molar refractivity (Wildman–Crippen MR) is 110 cm³/mol. The first kappa shape index (κ1) is 19.4. The Morgan fingerprint density at radius 1 is 0.889 bits per heavy atom. The molecule has 0 bridgehead atoms. The zero-order valence-corrected chi connectivity index (χ0v) is 16.8. The zero-order valence-electron chi connectivity index (χ0n) is 13.7. The van der Waals surface area contributed by atoms with E-state index < -0.39 is 11.9 Å². The molecule has 0 radical (unpaired) electrons. The molecular formula is C19H12BrCl2N3O2. The van der Waals surface area contributed by atoms with Gasteiger partial charge in [0.05, 0.1) is 15.6 Å². The van der Waals surface area contributed by atoms with Gasteiger partial charge in [0.1, 0.15) is 5.82 Å². The van der Waals surface area contributed by atoms with Gasteiger partial charge < -0.3 is 0 Å². The number of benzene rings is 2. The predicted octanol–water partition coefficient (Wildman–Crippen LogP) is 5.78. The highest BCUT2D eigenvalue weighted by molar-refractivity contribution is 9.10. The van der Waals surface area contributed by atoms with Crippen LogP contribution in [0.2, 0.25) is 10.0 Å². The van der Waals surface area contributed by atoms with Gasteiger partial charge in [-0.05, 0) is 42.0 Å². The Morgan fingerprint density at radius 3 is 2.11 bits per heavy atom. The molecule has 2 N–H and O–H groups in total. The van der Waals surface area contributed by atoms with Gasteiger partial charge in [0, 0.05) is 16.2 Å². The van der Waals surface area contributed by atoms with Crippen LogP contribution in [0.1, 0.15) is 10.4 Å². The van der Waals surface area contributed by atoms with Crippen LogP contribution in [0.4, 0.5) is 10.6 Å². The number of urea groups is 1. The maximum Gasteiger partial charge on any atom is 0.327 e. The molecule has 0 unspecified atom stereocenters. The number of nitrogens with one attached hydrogen (secondary N) is 2. The van der Waals surface area contributed by atoms with Gasteiger partial charge in [0.25, 0.3) is 5.91 Å². The summed E-state index contributed by atoms with van der Waals surface area (Å²) in [6.07, 6.45) is 1.63. The van der Waals surface area contributed by atoms with Crippen molar-refractivity contribution in [1.29, 1.82) is 0 Å². The Morgan fingerprint density at radius 2 is 1.52 bits per heavy atom. The molecule has 27 heavy (non-hydrogen) atoms. The lowest BCUT2D eigenvalue weighted by Gasteiger charge is -2.09. The second-order valence-corrected chi connectivity index (χ2v) is 7.17. The summed E-state index contributed by atoms with van der Waals surface area (Å²) >= 11 is 15.3. The monoisotopic (exact) mass is 463 g/mol. The van der Waals surface area contributed by atoms with E-state index >= 15 is 0 Å². The lowest BCUT2D eigenvalue weighted by molar-refractivity contribution is 0.0967. The molecule has 3 rings (SSSR count). The summed E-state index contributed by atoms with van der Waals surface area (Å²) < 4.78 is 0.984. The van der Waals surface area contributed by atoms with E-state index in [4.69, 9.17) is 23.2 Å². The fourth-order valence-electron chi connectivity index (χ4n) is 2.31. The van der Waals surface area contributed by atoms with Crippen molar-refractivity contribution in [3.8, 4) is 11.1 Å². The topological polar surface area (TPSA) is 71.1 Å². The van der Waals surface area contributed by atoms with Crippen LogP contribution < -0.4 is 10.6 Å². The highest BCUT2D eigenvalue weighted by Gasteiger charge is 2.17. The molecule has 1 aromatic heterocycles. The number of halogens is 3. The van der Waals surface area contributed by atoms with Crippen LogP contribution in [0.15, 0.2) is 65.3 Å². The molecule has 0 atom stereocenters. The van der Waals surface area contributed by atoms with Crippen molar-refractivity contribution in [1.82, 2.24) is 10.3 Å². The zero-order chi connectivity index (χ0) is 19.4. The van der Waals surface area contributed by atoms with Crippen molar-refractivity contribution >= 4 is 56.9 Å². The normalized spacial score (nSPS) is 10.3. The number of anilines is 1. The van der Waals surface area contributed by atoms with Gasteiger partial charge in [0.2, 0.25) is 0 Å². The number of aromatic nitrogens is 1. The first-order valence-corrected chi connectivity index (χ1v) is 9.27. The highest BCUT2D eigenvalue weighted by atomic mass is 79.9. The summed E-state index contributed by atoms with van der Waals surface area (Å²) in [5, 5.41) is 4.98. The van der Waals surface area contributed by atoms with Gasteiger partial charge in [-0.3, -0.25) is 15.4 Å². The molecule has 3 aromatic rings. The van der Waals surface area contributed by atoms with Crippen LogP contribution in [0.25, 0.3) is 11.1 Å². The average molecular weight is 465 g/mol. The summed E-state index contributed by atoms with van der Waals surface area (Å²) in [6, 6.07) is 15.1. The first-order valence-electron chi connectivity index (χ1n) is 7.72. The minimum atomic E-state index is -0.736. The Hall–Kier alpha value is -2.41. The molecule has 0 saturated carbocycles. The number of nitrogens with zero attached hydrogens (tertiary/aromatic N) is 1. The molecule has 3 amide bonds. The number of carbonyl (C=O) groups is 2. The van der Waals surface area contributed by atoms with Crippen LogP contribution in [-0.4, -0.2) is 16.9 Å². The Bertz CT molecular complexity index is 973. The quantitative estimate of drug-likeness (QED) is 0.516. The lowest BCUT2D eigenvalue weighted by Crippen LogP contribution is -2.34. The molecule has 5 nitrogen and oxygen atoms in total. The fraction of sp³-hybridized carbons (Fsp3) is 0. The molecule has 1 heterocycles. The molecule has 0 spiro atoms. The first-order chi connectivity index (χ1) is 12.9. The minimum absolute atomic E-state index is 0.0366. The third-order valence-electron chi connectivity index (χ3n) is 3.60. The van der Waals surface area contributed by atoms with E-state index in [1.54, 1.807) is 18.3 Å². The average Bonchev–Trinajstić information content (AvgIpc) is 2.63. The van der Waals surface area contributed by atoms with E-state index in [0.717, 1.165) is 15.6 Å². The standard InChI is InChI=1S/C19H12BrCl2N3O2/c20-13-7-4-11(5-8-13)12-6-9-16(23-10-12)24-19(27)25-18(26)17-14(21)2-1-3-15(17)22/h1-10H,(H2,23,24,25,26,27). The molecule has 0 aliphatic carbocycles. The molecular weight excluding hydrogens is 453 g/mol. The van der Waals surface area contributed by atoms with Crippen molar-refractivity contribution in [2.24, 2.45) is 0 Å².